The van der Waals surface area contributed by atoms with Crippen LogP contribution in [0, 0.1) is 0 Å². The summed E-state index contributed by atoms with van der Waals surface area (Å²) in [6.45, 7) is 1.11. The van der Waals surface area contributed by atoms with Gasteiger partial charge in [-0.3, -0.25) is 0 Å². The van der Waals surface area contributed by atoms with Gasteiger partial charge in [0.05, 0.1) is 12.2 Å². The van der Waals surface area contributed by atoms with Gasteiger partial charge in [-0.15, -0.1) is 0 Å². The molecule has 1 aliphatic rings. The van der Waals surface area contributed by atoms with Crippen molar-refractivity contribution in [2.45, 2.75) is 57.0 Å². The number of ether oxygens (including phenoxy) is 2. The maximum absolute atomic E-state index is 12.0. The fourth-order valence-corrected chi connectivity index (χ4v) is 4.88. The van der Waals surface area contributed by atoms with E-state index in [1.165, 1.54) is 0 Å². The van der Waals surface area contributed by atoms with Crippen LogP contribution in [0.2, 0.25) is 0 Å². The van der Waals surface area contributed by atoms with E-state index in [-0.39, 0.29) is 5.56 Å². The molecule has 6 nitrogen and oxygen atoms in total. The van der Waals surface area contributed by atoms with Gasteiger partial charge in [0.25, 0.3) is 0 Å². The van der Waals surface area contributed by atoms with Gasteiger partial charge in [-0.05, 0) is 65.4 Å². The van der Waals surface area contributed by atoms with Gasteiger partial charge in [-0.25, -0.2) is 9.59 Å². The van der Waals surface area contributed by atoms with Crippen LogP contribution in [0.4, 0.5) is 0 Å². The Morgan fingerprint density at radius 1 is 0.683 bits per heavy atom. The number of carboxylic acids is 2. The number of aromatic carboxylic acids is 1. The number of benzene rings is 3. The monoisotopic (exact) mass is 554 g/mol. The molecular weight excluding hydrogens is 516 g/mol. The number of allylic oxidation sites excluding steroid dienone is 2. The maximum Gasteiger partial charge on any atom is 0.340 e. The molecule has 0 fully saturated rings. The molecule has 41 heavy (non-hydrogen) atoms. The number of carboxylic acid groups (broad SMARTS) is 2. The van der Waals surface area contributed by atoms with Gasteiger partial charge in [0, 0.05) is 13.0 Å². The largest absolute Gasteiger partial charge is 0.494 e. The first-order chi connectivity index (χ1) is 20.0. The van der Waals surface area contributed by atoms with Crippen molar-refractivity contribution in [1.82, 2.24) is 0 Å². The van der Waals surface area contributed by atoms with E-state index in [0.29, 0.717) is 19.6 Å². The Labute approximate surface area is 242 Å². The Morgan fingerprint density at radius 3 is 1.83 bits per heavy atom. The minimum absolute atomic E-state index is 0.277. The molecule has 3 aromatic rings. The predicted molar refractivity (Wildman–Crippen MR) is 161 cm³/mol. The van der Waals surface area contributed by atoms with E-state index < -0.39 is 17.5 Å². The summed E-state index contributed by atoms with van der Waals surface area (Å²) in [6, 6.07) is 24.6. The Kier molecular flexibility index (Phi) is 10.9. The highest BCUT2D eigenvalue weighted by Gasteiger charge is 2.37. The zero-order chi connectivity index (χ0) is 28.9. The van der Waals surface area contributed by atoms with Crippen LogP contribution >= 0.6 is 0 Å². The molecule has 0 radical (unpaired) electrons. The van der Waals surface area contributed by atoms with E-state index in [1.807, 2.05) is 78.9 Å². The highest BCUT2D eigenvalue weighted by molar-refractivity contribution is 5.88. The molecule has 1 unspecified atom stereocenters. The topological polar surface area (TPSA) is 93.1 Å². The standard InChI is InChI=1S/C35H38O6/c36-33(37)31-15-13-28(14-16-31)29-17-19-32(20-18-29)40-25-9-4-2-1-3-5-10-26-41-35(34(38)39)23-21-30(22-24-35)27-11-7-6-8-12-27/h6-8,11-23H,1-5,9-10,24-26H2,(H,36,37)(H,38,39). The SMILES string of the molecule is O=C(O)c1ccc(-c2ccc(OCCCCCCCCCOC3(C(=O)O)C=CC(c4ccccc4)=CC3)cc2)cc1. The molecule has 0 amide bonds. The Morgan fingerprint density at radius 2 is 1.27 bits per heavy atom. The van der Waals surface area contributed by atoms with Crippen LogP contribution in [-0.2, 0) is 9.53 Å². The number of aliphatic carboxylic acids is 1. The van der Waals surface area contributed by atoms with E-state index in [0.717, 1.165) is 73.0 Å². The summed E-state index contributed by atoms with van der Waals surface area (Å²) < 4.78 is 11.8. The minimum Gasteiger partial charge on any atom is -0.494 e. The number of hydrogen-bond acceptors (Lipinski definition) is 4. The molecule has 0 heterocycles. The molecular formula is C35H38O6. The van der Waals surface area contributed by atoms with Gasteiger partial charge in [0.2, 0.25) is 0 Å². The number of rotatable bonds is 16. The highest BCUT2D eigenvalue weighted by Crippen LogP contribution is 2.30. The maximum atomic E-state index is 12.0. The van der Waals surface area contributed by atoms with Gasteiger partial charge in [0.15, 0.2) is 5.60 Å². The molecule has 4 rings (SSSR count). The van der Waals surface area contributed by atoms with Crippen LogP contribution in [0.1, 0.15) is 67.3 Å². The lowest BCUT2D eigenvalue weighted by Gasteiger charge is -2.28. The van der Waals surface area contributed by atoms with Crippen LogP contribution in [-0.4, -0.2) is 41.0 Å². The van der Waals surface area contributed by atoms with Crippen molar-refractivity contribution in [3.05, 3.63) is 108 Å². The Balaban J connectivity index is 1.05. The summed E-state index contributed by atoms with van der Waals surface area (Å²) in [5.74, 6) is -1.04. The first kappa shape index (κ1) is 29.8. The van der Waals surface area contributed by atoms with E-state index in [1.54, 1.807) is 18.2 Å². The second-order valence-corrected chi connectivity index (χ2v) is 10.3. The summed E-state index contributed by atoms with van der Waals surface area (Å²) in [5.41, 5.74) is 3.09. The van der Waals surface area contributed by atoms with Crippen molar-refractivity contribution in [2.75, 3.05) is 13.2 Å². The lowest BCUT2D eigenvalue weighted by atomic mass is 9.89. The van der Waals surface area contributed by atoms with E-state index in [4.69, 9.17) is 14.6 Å². The normalized spacial score (nSPS) is 16.2. The smallest absolute Gasteiger partial charge is 0.340 e. The summed E-state index contributed by atoms with van der Waals surface area (Å²) in [4.78, 5) is 23.0. The van der Waals surface area contributed by atoms with Crippen molar-refractivity contribution in [2.24, 2.45) is 0 Å². The van der Waals surface area contributed by atoms with E-state index in [2.05, 4.69) is 0 Å². The Bertz CT molecular complexity index is 1330. The second-order valence-electron chi connectivity index (χ2n) is 10.3. The minimum atomic E-state index is -1.27. The quantitative estimate of drug-likeness (QED) is 0.174. The van der Waals surface area contributed by atoms with Crippen LogP contribution in [0.25, 0.3) is 16.7 Å². The fourth-order valence-electron chi connectivity index (χ4n) is 4.88. The van der Waals surface area contributed by atoms with E-state index in [9.17, 15) is 14.7 Å². The Hall–Kier alpha value is -4.16. The average Bonchev–Trinajstić information content (AvgIpc) is 3.01. The number of hydrogen-bond donors (Lipinski definition) is 2. The van der Waals surface area contributed by atoms with Crippen molar-refractivity contribution in [3.8, 4) is 16.9 Å². The summed E-state index contributed by atoms with van der Waals surface area (Å²) in [6.07, 6.45) is 13.2. The molecule has 0 spiro atoms. The molecule has 3 aromatic carbocycles. The third-order valence-corrected chi connectivity index (χ3v) is 7.36. The second kappa shape index (κ2) is 15.0. The van der Waals surface area contributed by atoms with Gasteiger partial charge >= 0.3 is 11.9 Å². The molecule has 0 aromatic heterocycles. The third kappa shape index (κ3) is 8.66. The van der Waals surface area contributed by atoms with Crippen LogP contribution < -0.4 is 4.74 Å². The van der Waals surface area contributed by atoms with Gasteiger partial charge in [0.1, 0.15) is 5.75 Å². The molecule has 0 aliphatic heterocycles. The molecule has 1 atom stereocenters. The van der Waals surface area contributed by atoms with Crippen molar-refractivity contribution < 1.29 is 29.3 Å². The lowest BCUT2D eigenvalue weighted by molar-refractivity contribution is -0.159. The van der Waals surface area contributed by atoms with Crippen LogP contribution in [0.15, 0.2) is 97.1 Å². The molecule has 214 valence electrons. The van der Waals surface area contributed by atoms with Gasteiger partial charge in [-0.1, -0.05) is 98.9 Å². The fraction of sp³-hybridized carbons (Fsp3) is 0.314. The summed E-state index contributed by atoms with van der Waals surface area (Å²) in [5, 5.41) is 18.8. The van der Waals surface area contributed by atoms with Crippen molar-refractivity contribution >= 4 is 17.5 Å². The molecule has 6 heteroatoms. The molecule has 1 aliphatic carbocycles. The number of unbranched alkanes of at least 4 members (excludes halogenated alkanes) is 6. The molecule has 0 saturated heterocycles. The van der Waals surface area contributed by atoms with E-state index >= 15 is 0 Å². The van der Waals surface area contributed by atoms with Crippen molar-refractivity contribution in [3.63, 3.8) is 0 Å². The highest BCUT2D eigenvalue weighted by atomic mass is 16.5. The van der Waals surface area contributed by atoms with Gasteiger partial charge < -0.3 is 19.7 Å². The van der Waals surface area contributed by atoms with Crippen molar-refractivity contribution in [1.29, 1.82) is 0 Å². The van der Waals surface area contributed by atoms with Crippen LogP contribution in [0.3, 0.4) is 0 Å². The summed E-state index contributed by atoms with van der Waals surface area (Å²) in [7, 11) is 0. The molecule has 0 saturated carbocycles. The van der Waals surface area contributed by atoms with Crippen LogP contribution in [0.5, 0.6) is 5.75 Å². The molecule has 2 N–H and O–H groups in total. The molecule has 0 bridgehead atoms. The van der Waals surface area contributed by atoms with Gasteiger partial charge in [-0.2, -0.15) is 0 Å². The predicted octanol–water partition coefficient (Wildman–Crippen LogP) is 8.04. The number of carbonyl (C=O) groups is 2. The first-order valence-electron chi connectivity index (χ1n) is 14.4. The first-order valence-corrected chi connectivity index (χ1v) is 14.4. The summed E-state index contributed by atoms with van der Waals surface area (Å²) >= 11 is 0. The lowest BCUT2D eigenvalue weighted by Crippen LogP contribution is -2.40. The third-order valence-electron chi connectivity index (χ3n) is 7.36. The zero-order valence-electron chi connectivity index (χ0n) is 23.3. The average molecular weight is 555 g/mol. The zero-order valence-corrected chi connectivity index (χ0v) is 23.3.